The summed E-state index contributed by atoms with van der Waals surface area (Å²) in [7, 11) is 0. The van der Waals surface area contributed by atoms with Crippen molar-refractivity contribution in [3.63, 3.8) is 0 Å². The van der Waals surface area contributed by atoms with Gasteiger partial charge in [-0.3, -0.25) is 0 Å². The summed E-state index contributed by atoms with van der Waals surface area (Å²) in [4.78, 5) is 20.4. The Morgan fingerprint density at radius 1 is 0.906 bits per heavy atom. The van der Waals surface area contributed by atoms with E-state index in [0.717, 1.165) is 70.1 Å². The largest absolute Gasteiger partial charge is 0.490 e. The van der Waals surface area contributed by atoms with Gasteiger partial charge in [0.15, 0.2) is 11.6 Å². The van der Waals surface area contributed by atoms with Crippen LogP contribution in [-0.4, -0.2) is 40.9 Å². The van der Waals surface area contributed by atoms with E-state index < -0.39 is 5.97 Å². The van der Waals surface area contributed by atoms with Gasteiger partial charge in [0.25, 0.3) is 0 Å². The molecule has 0 radical (unpaired) electrons. The first-order valence-corrected chi connectivity index (χ1v) is 11.7. The first-order chi connectivity index (χ1) is 15.7. The highest BCUT2D eigenvalue weighted by atomic mass is 16.5. The van der Waals surface area contributed by atoms with Gasteiger partial charge >= 0.3 is 5.97 Å². The van der Waals surface area contributed by atoms with Crippen LogP contribution in [-0.2, 0) is 9.53 Å². The summed E-state index contributed by atoms with van der Waals surface area (Å²) in [6.45, 7) is 6.50. The highest BCUT2D eigenvalue weighted by Gasteiger charge is 2.11. The minimum Gasteiger partial charge on any atom is -0.490 e. The van der Waals surface area contributed by atoms with Crippen LogP contribution < -0.4 is 4.74 Å². The summed E-state index contributed by atoms with van der Waals surface area (Å²) in [5.74, 6) is 0.317. The number of nitrogens with zero attached hydrogens (tertiary/aromatic N) is 2. The van der Waals surface area contributed by atoms with Crippen LogP contribution in [0.5, 0.6) is 5.75 Å². The molecule has 2 aromatic rings. The molecule has 0 saturated carbocycles. The Bertz CT molecular complexity index is 817. The molecule has 32 heavy (non-hydrogen) atoms. The molecule has 0 aliphatic heterocycles. The van der Waals surface area contributed by atoms with Crippen molar-refractivity contribution >= 4 is 11.5 Å². The second-order valence-corrected chi connectivity index (χ2v) is 7.76. The van der Waals surface area contributed by atoms with E-state index in [1.165, 1.54) is 0 Å². The third-order valence-electron chi connectivity index (χ3n) is 5.06. The summed E-state index contributed by atoms with van der Waals surface area (Å²) in [5, 5.41) is 9.54. The van der Waals surface area contributed by atoms with Crippen LogP contribution in [0.2, 0.25) is 0 Å². The lowest BCUT2D eigenvalue weighted by molar-refractivity contribution is -0.130. The lowest BCUT2D eigenvalue weighted by Gasteiger charge is -2.08. The molecule has 0 spiro atoms. The maximum atomic E-state index is 11.6. The van der Waals surface area contributed by atoms with Crippen molar-refractivity contribution in [1.29, 1.82) is 0 Å². The molecule has 1 N–H and O–H groups in total. The SMILES string of the molecule is CCCCCC=C(C(=O)O)c1ccc(-c2ncc(OCCCCOCCCC)cn2)cc1. The van der Waals surface area contributed by atoms with Crippen LogP contribution in [0.4, 0.5) is 0 Å². The molecule has 0 fully saturated rings. The zero-order valence-corrected chi connectivity index (χ0v) is 19.4. The van der Waals surface area contributed by atoms with Crippen molar-refractivity contribution in [2.24, 2.45) is 0 Å². The van der Waals surface area contributed by atoms with E-state index in [1.807, 2.05) is 30.3 Å². The fourth-order valence-electron chi connectivity index (χ4n) is 3.15. The molecule has 2 rings (SSSR count). The highest BCUT2D eigenvalue weighted by molar-refractivity contribution is 6.15. The van der Waals surface area contributed by atoms with E-state index in [0.29, 0.717) is 29.3 Å². The van der Waals surface area contributed by atoms with Crippen molar-refractivity contribution in [2.75, 3.05) is 19.8 Å². The molecule has 6 heteroatoms. The number of ether oxygens (including phenoxy) is 2. The number of unbranched alkanes of at least 4 members (excludes halogenated alkanes) is 5. The minimum atomic E-state index is -0.903. The molecule has 0 aliphatic rings. The van der Waals surface area contributed by atoms with Gasteiger partial charge < -0.3 is 14.6 Å². The maximum Gasteiger partial charge on any atom is 0.335 e. The minimum absolute atomic E-state index is 0.341. The number of hydrogen-bond donors (Lipinski definition) is 1. The summed E-state index contributed by atoms with van der Waals surface area (Å²) >= 11 is 0. The van der Waals surface area contributed by atoms with Gasteiger partial charge in [-0.2, -0.15) is 0 Å². The number of aromatic nitrogens is 2. The van der Waals surface area contributed by atoms with Crippen molar-refractivity contribution < 1.29 is 19.4 Å². The van der Waals surface area contributed by atoms with Gasteiger partial charge in [-0.05, 0) is 37.7 Å². The lowest BCUT2D eigenvalue weighted by Crippen LogP contribution is -2.02. The van der Waals surface area contributed by atoms with Crippen molar-refractivity contribution in [3.05, 3.63) is 48.3 Å². The Kier molecular flexibility index (Phi) is 12.1. The zero-order valence-electron chi connectivity index (χ0n) is 19.4. The Labute approximate surface area is 191 Å². The van der Waals surface area contributed by atoms with Gasteiger partial charge in [0.1, 0.15) is 0 Å². The topological polar surface area (TPSA) is 81.5 Å². The number of aliphatic carboxylic acids is 1. The molecule has 1 aromatic heterocycles. The number of allylic oxidation sites excluding steroid dienone is 1. The van der Waals surface area contributed by atoms with Crippen LogP contribution in [0.25, 0.3) is 17.0 Å². The first kappa shape index (κ1) is 25.5. The lowest BCUT2D eigenvalue weighted by atomic mass is 10.0. The normalized spacial score (nSPS) is 11.5. The van der Waals surface area contributed by atoms with E-state index in [1.54, 1.807) is 12.4 Å². The molecule has 0 saturated heterocycles. The van der Waals surface area contributed by atoms with Crippen LogP contribution in [0.1, 0.15) is 70.8 Å². The predicted octanol–water partition coefficient (Wildman–Crippen LogP) is 6.17. The van der Waals surface area contributed by atoms with Gasteiger partial charge in [-0.1, -0.05) is 63.5 Å². The predicted molar refractivity (Wildman–Crippen MR) is 128 cm³/mol. The number of benzene rings is 1. The Morgan fingerprint density at radius 3 is 2.22 bits per heavy atom. The number of carboxylic acid groups (broad SMARTS) is 1. The second-order valence-electron chi connectivity index (χ2n) is 7.76. The third kappa shape index (κ3) is 9.18. The Balaban J connectivity index is 1.85. The molecule has 174 valence electrons. The second kappa shape index (κ2) is 15.1. The fraction of sp³-hybridized carbons (Fsp3) is 0.500. The van der Waals surface area contributed by atoms with Crippen LogP contribution >= 0.6 is 0 Å². The third-order valence-corrected chi connectivity index (χ3v) is 5.06. The summed E-state index contributed by atoms with van der Waals surface area (Å²) in [6.07, 6.45) is 13.3. The molecule has 1 aromatic carbocycles. The number of hydrogen-bond acceptors (Lipinski definition) is 5. The molecule has 1 heterocycles. The number of carboxylic acids is 1. The molecule has 0 atom stereocenters. The monoisotopic (exact) mass is 440 g/mol. The fourth-order valence-corrected chi connectivity index (χ4v) is 3.15. The summed E-state index contributed by atoms with van der Waals surface area (Å²) in [5.41, 5.74) is 1.87. The van der Waals surface area contributed by atoms with Gasteiger partial charge in [0, 0.05) is 18.8 Å². The Hall–Kier alpha value is -2.73. The van der Waals surface area contributed by atoms with Gasteiger partial charge in [0.05, 0.1) is 24.6 Å². The highest BCUT2D eigenvalue weighted by Crippen LogP contribution is 2.22. The van der Waals surface area contributed by atoms with Gasteiger partial charge in [-0.15, -0.1) is 0 Å². The van der Waals surface area contributed by atoms with Crippen molar-refractivity contribution in [2.45, 2.75) is 65.2 Å². The Morgan fingerprint density at radius 2 is 1.56 bits per heavy atom. The zero-order chi connectivity index (χ0) is 23.0. The smallest absolute Gasteiger partial charge is 0.335 e. The van der Waals surface area contributed by atoms with Crippen LogP contribution in [0, 0.1) is 0 Å². The van der Waals surface area contributed by atoms with E-state index in [-0.39, 0.29) is 0 Å². The molecule has 0 bridgehead atoms. The maximum absolute atomic E-state index is 11.6. The van der Waals surface area contributed by atoms with Gasteiger partial charge in [0.2, 0.25) is 0 Å². The molecule has 0 unspecified atom stereocenters. The molecule has 0 amide bonds. The number of carbonyl (C=O) groups is 1. The van der Waals surface area contributed by atoms with Crippen LogP contribution in [0.15, 0.2) is 42.7 Å². The van der Waals surface area contributed by atoms with Gasteiger partial charge in [-0.25, -0.2) is 14.8 Å². The van der Waals surface area contributed by atoms with Crippen molar-refractivity contribution in [1.82, 2.24) is 9.97 Å². The van der Waals surface area contributed by atoms with Crippen LogP contribution in [0.3, 0.4) is 0 Å². The molecule has 0 aliphatic carbocycles. The quantitative estimate of drug-likeness (QED) is 0.248. The van der Waals surface area contributed by atoms with E-state index in [9.17, 15) is 9.90 Å². The molecule has 6 nitrogen and oxygen atoms in total. The van der Waals surface area contributed by atoms with E-state index in [2.05, 4.69) is 23.8 Å². The number of rotatable bonds is 16. The van der Waals surface area contributed by atoms with Crippen molar-refractivity contribution in [3.8, 4) is 17.1 Å². The first-order valence-electron chi connectivity index (χ1n) is 11.7. The summed E-state index contributed by atoms with van der Waals surface area (Å²) in [6, 6.07) is 7.33. The molecular formula is C26H36N2O4. The summed E-state index contributed by atoms with van der Waals surface area (Å²) < 4.78 is 11.2. The molecular weight excluding hydrogens is 404 g/mol. The average Bonchev–Trinajstić information content (AvgIpc) is 2.81. The average molecular weight is 441 g/mol. The van der Waals surface area contributed by atoms with E-state index in [4.69, 9.17) is 9.47 Å². The standard InChI is InChI=1S/C26H36N2O4/c1-3-5-7-8-11-24(26(29)30)21-12-14-22(15-13-21)25-27-19-23(20-28-25)32-18-10-9-17-31-16-6-4-2/h11-15,19-20H,3-10,16-18H2,1-2H3,(H,29,30). The van der Waals surface area contributed by atoms with E-state index >= 15 is 0 Å².